The van der Waals surface area contributed by atoms with Crippen LogP contribution in [0.25, 0.3) is 0 Å². The molecule has 1 aromatic rings. The number of carbonyl (C=O) groups is 2. The zero-order chi connectivity index (χ0) is 14.5. The van der Waals surface area contributed by atoms with Crippen LogP contribution in [-0.2, 0) is 4.79 Å². The van der Waals surface area contributed by atoms with Crippen molar-refractivity contribution in [1.82, 2.24) is 4.90 Å². The van der Waals surface area contributed by atoms with Crippen LogP contribution in [0.5, 0.6) is 5.75 Å². The summed E-state index contributed by atoms with van der Waals surface area (Å²) in [7, 11) is 1.59. The Labute approximate surface area is 119 Å². The number of hydrogen-bond donors (Lipinski definition) is 0. The van der Waals surface area contributed by atoms with Crippen LogP contribution in [0, 0.1) is 5.92 Å². The molecular weight excluding hydrogens is 254 g/mol. The van der Waals surface area contributed by atoms with Crippen LogP contribution in [0.4, 0.5) is 0 Å². The third-order valence-electron chi connectivity index (χ3n) is 3.74. The lowest BCUT2D eigenvalue weighted by Crippen LogP contribution is -2.31. The summed E-state index contributed by atoms with van der Waals surface area (Å²) in [5.41, 5.74) is 0.623. The molecule has 108 valence electrons. The molecule has 1 aliphatic rings. The molecule has 0 aromatic heterocycles. The van der Waals surface area contributed by atoms with Crippen molar-refractivity contribution in [3.63, 3.8) is 0 Å². The maximum Gasteiger partial charge on any atom is 0.223 e. The molecule has 1 atom stereocenters. The second-order valence-electron chi connectivity index (χ2n) is 5.28. The summed E-state index contributed by atoms with van der Waals surface area (Å²) in [4.78, 5) is 25.7. The predicted molar refractivity (Wildman–Crippen MR) is 76.9 cm³/mol. The maximum atomic E-state index is 12.2. The zero-order valence-electron chi connectivity index (χ0n) is 12.1. The average Bonchev–Trinajstić information content (AvgIpc) is 2.79. The van der Waals surface area contributed by atoms with E-state index in [0.717, 1.165) is 18.6 Å². The quantitative estimate of drug-likeness (QED) is 0.749. The number of rotatable bonds is 6. The van der Waals surface area contributed by atoms with Gasteiger partial charge in [-0.2, -0.15) is 0 Å². The molecule has 0 aliphatic carbocycles. The second-order valence-corrected chi connectivity index (χ2v) is 5.28. The van der Waals surface area contributed by atoms with Crippen molar-refractivity contribution in [2.24, 2.45) is 5.92 Å². The fourth-order valence-electron chi connectivity index (χ4n) is 2.65. The molecule has 0 spiro atoms. The Hall–Kier alpha value is -1.84. The Bertz CT molecular complexity index is 481. The molecule has 1 aromatic carbocycles. The number of hydrogen-bond acceptors (Lipinski definition) is 3. The topological polar surface area (TPSA) is 46.6 Å². The van der Waals surface area contributed by atoms with Gasteiger partial charge in [0.2, 0.25) is 5.91 Å². The third kappa shape index (κ3) is 3.38. The number of benzene rings is 1. The molecule has 0 radical (unpaired) electrons. The number of carbonyl (C=O) groups excluding carboxylic acids is 2. The van der Waals surface area contributed by atoms with Crippen LogP contribution < -0.4 is 4.74 Å². The lowest BCUT2D eigenvalue weighted by Gasteiger charge is -2.15. The molecule has 1 heterocycles. The average molecular weight is 275 g/mol. The van der Waals surface area contributed by atoms with E-state index in [4.69, 9.17) is 4.74 Å². The van der Waals surface area contributed by atoms with E-state index in [-0.39, 0.29) is 18.2 Å². The van der Waals surface area contributed by atoms with Crippen LogP contribution in [0.3, 0.4) is 0 Å². The highest BCUT2D eigenvalue weighted by Crippen LogP contribution is 2.22. The number of amides is 1. The summed E-state index contributed by atoms with van der Waals surface area (Å²) in [6, 6.07) is 7.01. The van der Waals surface area contributed by atoms with Gasteiger partial charge in [0.05, 0.1) is 13.7 Å². The normalized spacial score (nSPS) is 18.4. The number of Topliss-reactive ketones (excluding diaryl/α,β-unsaturated/α-hetero) is 1. The monoisotopic (exact) mass is 275 g/mol. The van der Waals surface area contributed by atoms with E-state index < -0.39 is 0 Å². The number of ether oxygens (including phenoxy) is 1. The minimum Gasteiger partial charge on any atom is -0.497 e. The first-order chi connectivity index (χ1) is 9.63. The first kappa shape index (κ1) is 14.6. The van der Waals surface area contributed by atoms with Crippen molar-refractivity contribution in [2.75, 3.05) is 20.2 Å². The Morgan fingerprint density at radius 3 is 2.65 bits per heavy atom. The Balaban J connectivity index is 1.95. The number of methoxy groups -OCH3 is 1. The zero-order valence-corrected chi connectivity index (χ0v) is 12.1. The van der Waals surface area contributed by atoms with Gasteiger partial charge in [-0.3, -0.25) is 9.59 Å². The van der Waals surface area contributed by atoms with Gasteiger partial charge in [-0.15, -0.1) is 0 Å². The van der Waals surface area contributed by atoms with Crippen LogP contribution in [0.15, 0.2) is 24.3 Å². The van der Waals surface area contributed by atoms with Gasteiger partial charge in [0.25, 0.3) is 0 Å². The molecule has 0 saturated carbocycles. The van der Waals surface area contributed by atoms with Crippen molar-refractivity contribution in [2.45, 2.75) is 26.2 Å². The maximum absolute atomic E-state index is 12.2. The van der Waals surface area contributed by atoms with Crippen LogP contribution >= 0.6 is 0 Å². The van der Waals surface area contributed by atoms with Crippen molar-refractivity contribution in [3.05, 3.63) is 29.8 Å². The third-order valence-corrected chi connectivity index (χ3v) is 3.74. The van der Waals surface area contributed by atoms with E-state index in [0.29, 0.717) is 24.4 Å². The molecule has 4 nitrogen and oxygen atoms in total. The van der Waals surface area contributed by atoms with E-state index in [1.807, 2.05) is 0 Å². The van der Waals surface area contributed by atoms with Gasteiger partial charge >= 0.3 is 0 Å². The van der Waals surface area contributed by atoms with Crippen LogP contribution in [-0.4, -0.2) is 36.8 Å². The number of ketones is 1. The minimum absolute atomic E-state index is 0.0156. The SMILES string of the molecule is CCCC1CC(=O)N(CC(=O)c2ccc(OC)cc2)C1. The second kappa shape index (κ2) is 6.55. The van der Waals surface area contributed by atoms with Crippen molar-refractivity contribution in [3.8, 4) is 5.75 Å². The van der Waals surface area contributed by atoms with Crippen molar-refractivity contribution >= 4 is 11.7 Å². The lowest BCUT2D eigenvalue weighted by atomic mass is 10.0. The largest absolute Gasteiger partial charge is 0.497 e. The van der Waals surface area contributed by atoms with Gasteiger partial charge in [0.15, 0.2) is 5.78 Å². The summed E-state index contributed by atoms with van der Waals surface area (Å²) in [5.74, 6) is 1.22. The molecule has 4 heteroatoms. The summed E-state index contributed by atoms with van der Waals surface area (Å²) in [6.07, 6.45) is 2.72. The highest BCUT2D eigenvalue weighted by Gasteiger charge is 2.30. The first-order valence-electron chi connectivity index (χ1n) is 7.09. The summed E-state index contributed by atoms with van der Waals surface area (Å²) < 4.78 is 5.06. The van der Waals surface area contributed by atoms with E-state index in [2.05, 4.69) is 6.92 Å². The molecular formula is C16H21NO3. The molecule has 0 N–H and O–H groups in total. The number of likely N-dealkylation sites (tertiary alicyclic amines) is 1. The fraction of sp³-hybridized carbons (Fsp3) is 0.500. The van der Waals surface area contributed by atoms with Crippen molar-refractivity contribution in [1.29, 1.82) is 0 Å². The van der Waals surface area contributed by atoms with Crippen molar-refractivity contribution < 1.29 is 14.3 Å². The smallest absolute Gasteiger partial charge is 0.223 e. The highest BCUT2D eigenvalue weighted by molar-refractivity contribution is 5.99. The number of nitrogens with zero attached hydrogens (tertiary/aromatic N) is 1. The Morgan fingerprint density at radius 2 is 2.05 bits per heavy atom. The molecule has 1 fully saturated rings. The molecule has 1 aliphatic heterocycles. The van der Waals surface area contributed by atoms with E-state index in [1.165, 1.54) is 0 Å². The summed E-state index contributed by atoms with van der Waals surface area (Å²) >= 11 is 0. The van der Waals surface area contributed by atoms with Gasteiger partial charge < -0.3 is 9.64 Å². The minimum atomic E-state index is -0.0156. The van der Waals surface area contributed by atoms with E-state index in [9.17, 15) is 9.59 Å². The van der Waals surface area contributed by atoms with Gasteiger partial charge in [0.1, 0.15) is 5.75 Å². The van der Waals surface area contributed by atoms with E-state index >= 15 is 0 Å². The molecule has 0 bridgehead atoms. The lowest BCUT2D eigenvalue weighted by molar-refractivity contribution is -0.127. The Kier molecular flexibility index (Phi) is 4.77. The summed E-state index contributed by atoms with van der Waals surface area (Å²) in [6.45, 7) is 3.02. The van der Waals surface area contributed by atoms with Crippen LogP contribution in [0.1, 0.15) is 36.5 Å². The van der Waals surface area contributed by atoms with E-state index in [1.54, 1.807) is 36.3 Å². The molecule has 20 heavy (non-hydrogen) atoms. The van der Waals surface area contributed by atoms with Gasteiger partial charge in [-0.05, 0) is 36.6 Å². The molecule has 1 amide bonds. The summed E-state index contributed by atoms with van der Waals surface area (Å²) in [5, 5.41) is 0. The Morgan fingerprint density at radius 1 is 1.35 bits per heavy atom. The van der Waals surface area contributed by atoms with Gasteiger partial charge in [-0.1, -0.05) is 13.3 Å². The van der Waals surface area contributed by atoms with Gasteiger partial charge in [-0.25, -0.2) is 0 Å². The molecule has 1 saturated heterocycles. The first-order valence-corrected chi connectivity index (χ1v) is 7.09. The standard InChI is InChI=1S/C16H21NO3/c1-3-4-12-9-16(19)17(10-12)11-15(18)13-5-7-14(20-2)8-6-13/h5-8,12H,3-4,9-11H2,1-2H3. The van der Waals surface area contributed by atoms with Gasteiger partial charge in [0, 0.05) is 18.5 Å². The van der Waals surface area contributed by atoms with Crippen LogP contribution in [0.2, 0.25) is 0 Å². The predicted octanol–water partition coefficient (Wildman–Crippen LogP) is 2.53. The molecule has 2 rings (SSSR count). The fourth-order valence-corrected chi connectivity index (χ4v) is 2.65. The highest BCUT2D eigenvalue weighted by atomic mass is 16.5. The molecule has 1 unspecified atom stereocenters.